The van der Waals surface area contributed by atoms with Crippen LogP contribution in [0.4, 0.5) is 40.8 Å². The van der Waals surface area contributed by atoms with Crippen LogP contribution in [0, 0.1) is 5.82 Å². The van der Waals surface area contributed by atoms with Gasteiger partial charge in [-0.2, -0.15) is 23.1 Å². The second-order valence-corrected chi connectivity index (χ2v) is 4.07. The topological polar surface area (TPSA) is 114 Å². The minimum Gasteiger partial charge on any atom is -0.324 e. The second-order valence-electron chi connectivity index (χ2n) is 4.07. The number of nitrogens with two attached hydrogens (primary N) is 2. The highest BCUT2D eigenvalue weighted by Crippen LogP contribution is 2.33. The van der Waals surface area contributed by atoms with Gasteiger partial charge in [-0.1, -0.05) is 0 Å². The molecule has 7 nitrogen and oxygen atoms in total. The van der Waals surface area contributed by atoms with Gasteiger partial charge in [0.05, 0.1) is 5.56 Å². The molecule has 2 aromatic rings. The summed E-state index contributed by atoms with van der Waals surface area (Å²) in [7, 11) is 0. The number of rotatable bonds is 4. The maximum absolute atomic E-state index is 13.2. The molecule has 1 aromatic carbocycles. The largest absolute Gasteiger partial charge is 0.419 e. The first-order valence-electron chi connectivity index (χ1n) is 5.79. The summed E-state index contributed by atoms with van der Waals surface area (Å²) in [6.07, 6.45) is -4.81. The van der Waals surface area contributed by atoms with Crippen molar-refractivity contribution < 1.29 is 17.6 Å². The van der Waals surface area contributed by atoms with Gasteiger partial charge in [-0.05, 0) is 18.2 Å². The van der Waals surface area contributed by atoms with Gasteiger partial charge in [0.2, 0.25) is 5.95 Å². The normalized spacial score (nSPS) is 11.2. The number of hydrogen-bond donors (Lipinski definition) is 5. The number of anilines is 4. The van der Waals surface area contributed by atoms with Gasteiger partial charge in [-0.3, -0.25) is 0 Å². The maximum atomic E-state index is 13.2. The molecule has 0 aliphatic heterocycles. The van der Waals surface area contributed by atoms with Gasteiger partial charge in [-0.25, -0.2) is 16.1 Å². The lowest BCUT2D eigenvalue weighted by Crippen LogP contribution is -2.14. The number of alkyl halides is 3. The number of hydrogen-bond acceptors (Lipinski definition) is 7. The van der Waals surface area contributed by atoms with Gasteiger partial charge in [0.15, 0.2) is 0 Å². The monoisotopic (exact) mass is 317 g/mol. The van der Waals surface area contributed by atoms with Crippen LogP contribution in [0.2, 0.25) is 0 Å². The molecule has 7 N–H and O–H groups in total. The highest BCUT2D eigenvalue weighted by Gasteiger charge is 2.34. The summed E-state index contributed by atoms with van der Waals surface area (Å²) in [5.74, 6) is 9.29. The number of nitrogens with zero attached hydrogens (tertiary/aromatic N) is 2. The summed E-state index contributed by atoms with van der Waals surface area (Å²) >= 11 is 0. The minimum atomic E-state index is -4.81. The number of nitrogen functional groups attached to an aromatic ring is 2. The molecule has 22 heavy (non-hydrogen) atoms. The lowest BCUT2D eigenvalue weighted by molar-refractivity contribution is -0.139. The number of hydrazine groups is 2. The van der Waals surface area contributed by atoms with Crippen molar-refractivity contribution >= 4 is 23.3 Å². The summed E-state index contributed by atoms with van der Waals surface area (Å²) in [6, 6.07) is 3.79. The number of nitrogens with one attached hydrogen (secondary N) is 3. The van der Waals surface area contributed by atoms with E-state index in [-0.39, 0.29) is 23.3 Å². The number of aromatic nitrogens is 2. The van der Waals surface area contributed by atoms with E-state index in [9.17, 15) is 17.6 Å². The lowest BCUT2D eigenvalue weighted by Gasteiger charge is -2.12. The van der Waals surface area contributed by atoms with E-state index in [4.69, 9.17) is 11.7 Å². The minimum absolute atomic E-state index is 0.0501. The molecule has 118 valence electrons. The SMILES string of the molecule is NNc1cc(NN)nc(Nc2ccc(F)c(C(F)(F)F)c2)n1. The Kier molecular flexibility index (Phi) is 4.28. The molecule has 1 heterocycles. The van der Waals surface area contributed by atoms with Crippen molar-refractivity contribution in [3.8, 4) is 0 Å². The van der Waals surface area contributed by atoms with E-state index < -0.39 is 17.6 Å². The zero-order valence-electron chi connectivity index (χ0n) is 10.9. The summed E-state index contributed by atoms with van der Waals surface area (Å²) in [4.78, 5) is 7.76. The van der Waals surface area contributed by atoms with E-state index in [0.717, 1.165) is 6.07 Å². The van der Waals surface area contributed by atoms with E-state index in [0.29, 0.717) is 12.1 Å². The Morgan fingerprint density at radius 3 is 2.05 bits per heavy atom. The Labute approximate surface area is 121 Å². The summed E-state index contributed by atoms with van der Waals surface area (Å²) in [5.41, 5.74) is 3.04. The van der Waals surface area contributed by atoms with Crippen molar-refractivity contribution in [3.63, 3.8) is 0 Å². The molecule has 0 aliphatic rings. The van der Waals surface area contributed by atoms with Crippen LogP contribution in [-0.4, -0.2) is 9.97 Å². The predicted octanol–water partition coefficient (Wildman–Crippen LogP) is 1.95. The molecule has 2 rings (SSSR count). The van der Waals surface area contributed by atoms with Crippen molar-refractivity contribution in [2.75, 3.05) is 16.2 Å². The van der Waals surface area contributed by atoms with Crippen LogP contribution in [0.5, 0.6) is 0 Å². The van der Waals surface area contributed by atoms with Crippen LogP contribution in [0.25, 0.3) is 0 Å². The summed E-state index contributed by atoms with van der Waals surface area (Å²) < 4.78 is 51.2. The van der Waals surface area contributed by atoms with Crippen LogP contribution in [0.3, 0.4) is 0 Å². The zero-order valence-corrected chi connectivity index (χ0v) is 10.9. The fourth-order valence-corrected chi connectivity index (χ4v) is 1.60. The first-order chi connectivity index (χ1) is 10.3. The van der Waals surface area contributed by atoms with Gasteiger partial charge in [0, 0.05) is 11.8 Å². The number of halogens is 4. The summed E-state index contributed by atoms with van der Waals surface area (Å²) in [6.45, 7) is 0. The molecule has 0 spiro atoms. The average Bonchev–Trinajstić information content (AvgIpc) is 2.47. The average molecular weight is 317 g/mol. The Hall–Kier alpha value is -2.66. The van der Waals surface area contributed by atoms with E-state index in [1.165, 1.54) is 6.07 Å². The fourth-order valence-electron chi connectivity index (χ4n) is 1.60. The molecule has 0 saturated carbocycles. The van der Waals surface area contributed by atoms with Crippen molar-refractivity contribution in [2.24, 2.45) is 11.7 Å². The predicted molar refractivity (Wildman–Crippen MR) is 72.3 cm³/mol. The van der Waals surface area contributed by atoms with E-state index in [2.05, 4.69) is 26.1 Å². The molecule has 0 fully saturated rings. The smallest absolute Gasteiger partial charge is 0.324 e. The Morgan fingerprint density at radius 1 is 0.955 bits per heavy atom. The van der Waals surface area contributed by atoms with Crippen molar-refractivity contribution in [1.29, 1.82) is 0 Å². The first kappa shape index (κ1) is 15.7. The first-order valence-corrected chi connectivity index (χ1v) is 5.79. The van der Waals surface area contributed by atoms with Crippen LogP contribution in [0.1, 0.15) is 5.56 Å². The standard InChI is InChI=1S/C11H11F4N7/c12-7-2-1-5(3-6(7)11(13,14)15)18-10-19-8(21-16)4-9(20-10)22-17/h1-4H,16-17H2,(H3,18,19,20,21,22). The van der Waals surface area contributed by atoms with Crippen LogP contribution in [-0.2, 0) is 6.18 Å². The third kappa shape index (κ3) is 3.51. The van der Waals surface area contributed by atoms with Gasteiger partial charge < -0.3 is 16.2 Å². The third-order valence-corrected chi connectivity index (χ3v) is 2.55. The molecule has 0 bridgehead atoms. The fraction of sp³-hybridized carbons (Fsp3) is 0.0909. The highest BCUT2D eigenvalue weighted by atomic mass is 19.4. The molecule has 0 saturated heterocycles. The molecule has 0 radical (unpaired) electrons. The lowest BCUT2D eigenvalue weighted by atomic mass is 10.2. The Morgan fingerprint density at radius 2 is 1.55 bits per heavy atom. The Bertz CT molecular complexity index is 652. The van der Waals surface area contributed by atoms with Gasteiger partial charge in [0.1, 0.15) is 17.5 Å². The van der Waals surface area contributed by atoms with Crippen molar-refractivity contribution in [2.45, 2.75) is 6.18 Å². The van der Waals surface area contributed by atoms with Crippen molar-refractivity contribution in [3.05, 3.63) is 35.6 Å². The highest BCUT2D eigenvalue weighted by molar-refractivity contribution is 5.59. The molecule has 0 atom stereocenters. The van der Waals surface area contributed by atoms with E-state index in [1.54, 1.807) is 0 Å². The molecule has 0 amide bonds. The zero-order chi connectivity index (χ0) is 16.3. The van der Waals surface area contributed by atoms with E-state index >= 15 is 0 Å². The van der Waals surface area contributed by atoms with Gasteiger partial charge in [0.25, 0.3) is 0 Å². The molecule has 0 unspecified atom stereocenters. The quantitative estimate of drug-likeness (QED) is 0.333. The Balaban J connectivity index is 2.35. The summed E-state index contributed by atoms with van der Waals surface area (Å²) in [5, 5.41) is 2.51. The van der Waals surface area contributed by atoms with Crippen molar-refractivity contribution in [1.82, 2.24) is 9.97 Å². The number of benzene rings is 1. The third-order valence-electron chi connectivity index (χ3n) is 2.55. The van der Waals surface area contributed by atoms with Crippen LogP contribution < -0.4 is 27.9 Å². The van der Waals surface area contributed by atoms with E-state index in [1.807, 2.05) is 0 Å². The molecular formula is C11H11F4N7. The second kappa shape index (κ2) is 5.99. The maximum Gasteiger partial charge on any atom is 0.419 e. The van der Waals surface area contributed by atoms with Crippen LogP contribution >= 0.6 is 0 Å². The molecule has 0 aliphatic carbocycles. The molecule has 1 aromatic heterocycles. The van der Waals surface area contributed by atoms with Gasteiger partial charge >= 0.3 is 6.18 Å². The molecular weight excluding hydrogens is 306 g/mol. The molecule has 11 heteroatoms. The van der Waals surface area contributed by atoms with Crippen LogP contribution in [0.15, 0.2) is 24.3 Å². The van der Waals surface area contributed by atoms with Gasteiger partial charge in [-0.15, -0.1) is 0 Å².